The summed E-state index contributed by atoms with van der Waals surface area (Å²) in [6.07, 6.45) is -9.05. The van der Waals surface area contributed by atoms with Gasteiger partial charge in [-0.2, -0.15) is 18.2 Å². The number of aromatic nitrogens is 3. The Morgan fingerprint density at radius 1 is 1.02 bits per heavy atom. The molecule has 48 heavy (non-hydrogen) atoms. The summed E-state index contributed by atoms with van der Waals surface area (Å²) in [5.74, 6) is -0.552. The first-order valence-corrected chi connectivity index (χ1v) is 14.9. The fourth-order valence-corrected chi connectivity index (χ4v) is 5.16. The van der Waals surface area contributed by atoms with E-state index in [9.17, 15) is 35.9 Å². The van der Waals surface area contributed by atoms with Crippen molar-refractivity contribution in [3.63, 3.8) is 0 Å². The summed E-state index contributed by atoms with van der Waals surface area (Å²) in [5.41, 5.74) is 2.13. The third-order valence-electron chi connectivity index (χ3n) is 6.53. The molecule has 2 heterocycles. The van der Waals surface area contributed by atoms with Gasteiger partial charge in [0, 0.05) is 31.0 Å². The second-order valence-corrected chi connectivity index (χ2v) is 11.2. The molecule has 18 heteroatoms. The van der Waals surface area contributed by atoms with E-state index in [1.54, 1.807) is 55.4 Å². The number of anilines is 3. The second kappa shape index (κ2) is 13.8. The van der Waals surface area contributed by atoms with E-state index >= 15 is 0 Å². The van der Waals surface area contributed by atoms with Crippen LogP contribution in [0.4, 0.5) is 48.2 Å². The average molecular weight is 694 g/mol. The van der Waals surface area contributed by atoms with Gasteiger partial charge in [0.1, 0.15) is 17.8 Å². The van der Waals surface area contributed by atoms with Crippen LogP contribution in [0.1, 0.15) is 6.42 Å². The van der Waals surface area contributed by atoms with Crippen LogP contribution in [0.5, 0.6) is 11.5 Å². The lowest BCUT2D eigenvalue weighted by molar-refractivity contribution is -0.274. The summed E-state index contributed by atoms with van der Waals surface area (Å²) in [6, 6.07) is 15.3. The van der Waals surface area contributed by atoms with E-state index in [0.29, 0.717) is 28.5 Å². The Morgan fingerprint density at radius 2 is 1.73 bits per heavy atom. The van der Waals surface area contributed by atoms with Gasteiger partial charge in [-0.05, 0) is 66.7 Å². The molecule has 1 aliphatic heterocycles. The molecule has 252 valence electrons. The van der Waals surface area contributed by atoms with Crippen molar-refractivity contribution in [1.82, 2.24) is 14.8 Å². The number of alkyl halides is 6. The highest BCUT2D eigenvalue weighted by Crippen LogP contribution is 2.38. The van der Waals surface area contributed by atoms with Crippen molar-refractivity contribution in [3.8, 4) is 28.6 Å². The van der Waals surface area contributed by atoms with Gasteiger partial charge in [0.2, 0.25) is 5.91 Å². The van der Waals surface area contributed by atoms with Gasteiger partial charge < -0.3 is 19.7 Å². The van der Waals surface area contributed by atoms with Crippen molar-refractivity contribution < 1.29 is 45.4 Å². The topological polar surface area (TPSA) is 114 Å². The van der Waals surface area contributed by atoms with Crippen LogP contribution in [0.3, 0.4) is 0 Å². The van der Waals surface area contributed by atoms with E-state index < -0.39 is 37.5 Å². The van der Waals surface area contributed by atoms with Crippen LogP contribution in [0, 0.1) is 0 Å². The Hall–Kier alpha value is -5.26. The molecule has 5 rings (SSSR count). The number of carbonyl (C=O) groups excluding carboxylic acids is 2. The number of nitrogens with zero attached hydrogens (tertiary/aromatic N) is 6. The van der Waals surface area contributed by atoms with Crippen LogP contribution in [-0.2, 0) is 4.79 Å². The Bertz CT molecular complexity index is 1810. The molecule has 3 amide bonds. The molecule has 0 spiro atoms. The van der Waals surface area contributed by atoms with Crippen LogP contribution in [0.2, 0.25) is 0 Å². The zero-order valence-electron chi connectivity index (χ0n) is 25.0. The van der Waals surface area contributed by atoms with E-state index in [-0.39, 0.29) is 28.1 Å². The van der Waals surface area contributed by atoms with Crippen molar-refractivity contribution in [2.75, 3.05) is 41.6 Å². The maximum atomic E-state index is 12.9. The van der Waals surface area contributed by atoms with E-state index in [2.05, 4.69) is 25.1 Å². The number of urea groups is 1. The molecule has 0 saturated carbocycles. The molecule has 4 aromatic rings. The van der Waals surface area contributed by atoms with Crippen LogP contribution in [-0.4, -0.2) is 70.9 Å². The number of amides is 3. The minimum Gasteiger partial charge on any atom is -0.491 e. The SMILES string of the molecule is CN(C)c1ccc(OCCC(F)(F)F)c(N2C(=O)CSC2=NC(=O)Nc2ccc(-c3ncn(-c4ccc(OC(F)(F)F)cc4)n3)cc2)c1. The molecule has 0 aliphatic carbocycles. The van der Waals surface area contributed by atoms with Gasteiger partial charge in [0.05, 0.1) is 30.2 Å². The first-order chi connectivity index (χ1) is 22.6. The number of hydrogen-bond acceptors (Lipinski definition) is 8. The molecule has 1 N–H and O–H groups in total. The van der Waals surface area contributed by atoms with E-state index in [0.717, 1.165) is 28.8 Å². The molecule has 0 radical (unpaired) electrons. The minimum absolute atomic E-state index is 0.0124. The maximum absolute atomic E-state index is 12.9. The molecular formula is C30H25F6N7O4S. The first-order valence-electron chi connectivity index (χ1n) is 13.9. The highest BCUT2D eigenvalue weighted by atomic mass is 32.2. The Morgan fingerprint density at radius 3 is 2.38 bits per heavy atom. The summed E-state index contributed by atoms with van der Waals surface area (Å²) < 4.78 is 86.1. The highest BCUT2D eigenvalue weighted by Gasteiger charge is 2.34. The number of benzene rings is 3. The summed E-state index contributed by atoms with van der Waals surface area (Å²) in [5, 5.41) is 6.95. The molecule has 1 aromatic heterocycles. The van der Waals surface area contributed by atoms with Gasteiger partial charge in [0.15, 0.2) is 11.0 Å². The molecular weight excluding hydrogens is 668 g/mol. The first kappa shape index (κ1) is 34.1. The molecule has 0 unspecified atom stereocenters. The van der Waals surface area contributed by atoms with Gasteiger partial charge in [-0.15, -0.1) is 18.3 Å². The zero-order valence-corrected chi connectivity index (χ0v) is 25.9. The van der Waals surface area contributed by atoms with Crippen LogP contribution < -0.4 is 24.6 Å². The Labute approximate surface area is 273 Å². The summed E-state index contributed by atoms with van der Waals surface area (Å²) in [6.45, 7) is -0.667. The Balaban J connectivity index is 1.28. The van der Waals surface area contributed by atoms with Gasteiger partial charge in [-0.25, -0.2) is 14.5 Å². The van der Waals surface area contributed by atoms with Gasteiger partial charge in [-0.3, -0.25) is 9.69 Å². The molecule has 11 nitrogen and oxygen atoms in total. The molecule has 3 aromatic carbocycles. The van der Waals surface area contributed by atoms with Crippen LogP contribution >= 0.6 is 11.8 Å². The van der Waals surface area contributed by atoms with E-state index in [1.807, 2.05) is 0 Å². The summed E-state index contributed by atoms with van der Waals surface area (Å²) in [7, 11) is 3.50. The monoisotopic (exact) mass is 693 g/mol. The van der Waals surface area contributed by atoms with Gasteiger partial charge >= 0.3 is 18.6 Å². The quantitative estimate of drug-likeness (QED) is 0.189. The minimum atomic E-state index is -4.81. The molecule has 1 saturated heterocycles. The van der Waals surface area contributed by atoms with Crippen molar-refractivity contribution in [3.05, 3.63) is 73.1 Å². The predicted octanol–water partition coefficient (Wildman–Crippen LogP) is 6.90. The van der Waals surface area contributed by atoms with Crippen molar-refractivity contribution >= 4 is 45.9 Å². The summed E-state index contributed by atoms with van der Waals surface area (Å²) in [4.78, 5) is 36.9. The number of amidine groups is 1. The lowest BCUT2D eigenvalue weighted by atomic mass is 10.2. The lowest BCUT2D eigenvalue weighted by Crippen LogP contribution is -2.31. The number of hydrogen-bond donors (Lipinski definition) is 1. The third-order valence-corrected chi connectivity index (χ3v) is 7.45. The molecule has 1 aliphatic rings. The number of rotatable bonds is 9. The number of halogens is 6. The number of ether oxygens (including phenoxy) is 2. The normalized spacial score (nSPS) is 14.4. The lowest BCUT2D eigenvalue weighted by Gasteiger charge is -2.23. The Kier molecular flexibility index (Phi) is 9.83. The fourth-order valence-electron chi connectivity index (χ4n) is 4.30. The van der Waals surface area contributed by atoms with Gasteiger partial charge in [-0.1, -0.05) is 11.8 Å². The predicted molar refractivity (Wildman–Crippen MR) is 167 cm³/mol. The molecule has 0 atom stereocenters. The third kappa shape index (κ3) is 8.75. The van der Waals surface area contributed by atoms with E-state index in [1.165, 1.54) is 29.2 Å². The maximum Gasteiger partial charge on any atom is 0.573 e. The standard InChI is InChI=1S/C30H25F6N7O4S/c1-41(2)21-9-12-24(46-14-13-29(31,32)33)23(15-21)43-25(44)16-48-28(43)39-27(45)38-19-5-3-18(4-6-19)26-37-17-42(40-26)20-7-10-22(11-8-20)47-30(34,35)36/h3-12,15,17H,13-14,16H2,1-2H3,(H,38,45). The number of aliphatic imine (C=N–C) groups is 1. The number of carbonyl (C=O) groups is 2. The highest BCUT2D eigenvalue weighted by molar-refractivity contribution is 8.15. The van der Waals surface area contributed by atoms with Crippen LogP contribution in [0.25, 0.3) is 17.1 Å². The largest absolute Gasteiger partial charge is 0.573 e. The molecule has 1 fully saturated rings. The second-order valence-electron chi connectivity index (χ2n) is 10.2. The number of thioether (sulfide) groups is 1. The van der Waals surface area contributed by atoms with Gasteiger partial charge in [0.25, 0.3) is 0 Å². The van der Waals surface area contributed by atoms with E-state index in [4.69, 9.17) is 4.74 Å². The van der Waals surface area contributed by atoms with Crippen molar-refractivity contribution in [2.24, 2.45) is 4.99 Å². The van der Waals surface area contributed by atoms with Crippen LogP contribution in [0.15, 0.2) is 78.0 Å². The molecule has 0 bridgehead atoms. The smallest absolute Gasteiger partial charge is 0.491 e. The summed E-state index contributed by atoms with van der Waals surface area (Å²) >= 11 is 0.987. The van der Waals surface area contributed by atoms with Crippen molar-refractivity contribution in [2.45, 2.75) is 19.0 Å². The average Bonchev–Trinajstić information content (AvgIpc) is 3.64. The zero-order chi connectivity index (χ0) is 34.6. The number of nitrogens with one attached hydrogen (secondary N) is 1. The fraction of sp³-hybridized carbons (Fsp3) is 0.233. The van der Waals surface area contributed by atoms with Crippen molar-refractivity contribution in [1.29, 1.82) is 0 Å².